The van der Waals surface area contributed by atoms with E-state index in [2.05, 4.69) is 31.3 Å². The molecule has 0 heterocycles. The van der Waals surface area contributed by atoms with Crippen LogP contribution in [0.2, 0.25) is 0 Å². The molecule has 4 N–H and O–H groups in total. The van der Waals surface area contributed by atoms with Gasteiger partial charge in [0.05, 0.1) is 17.9 Å². The van der Waals surface area contributed by atoms with Gasteiger partial charge in [0.2, 0.25) is 5.91 Å². The van der Waals surface area contributed by atoms with Crippen LogP contribution in [0.3, 0.4) is 0 Å². The molecule has 8 heteroatoms. The van der Waals surface area contributed by atoms with Crippen LogP contribution in [0.15, 0.2) is 24.3 Å². The number of unbranched alkanes of at least 4 members (excludes halogenated alkanes) is 30. The van der Waals surface area contributed by atoms with Gasteiger partial charge >= 0.3 is 0 Å². The summed E-state index contributed by atoms with van der Waals surface area (Å²) >= 11 is 0. The first kappa shape index (κ1) is 51.8. The molecule has 0 fully saturated rings. The van der Waals surface area contributed by atoms with Crippen molar-refractivity contribution in [1.82, 2.24) is 5.32 Å². The van der Waals surface area contributed by atoms with Crippen LogP contribution >= 0.6 is 0 Å². The van der Waals surface area contributed by atoms with Crippen LogP contribution in [-0.4, -0.2) is 53.1 Å². The van der Waals surface area contributed by atoms with E-state index in [1.54, 1.807) is 6.08 Å². The first-order valence-corrected chi connectivity index (χ1v) is 24.3. The maximum atomic E-state index is 12.6. The molecule has 0 aliphatic carbocycles. The van der Waals surface area contributed by atoms with Crippen LogP contribution in [0.1, 0.15) is 232 Å². The van der Waals surface area contributed by atoms with Gasteiger partial charge in [-0.05, 0) is 32.1 Å². The maximum absolute atomic E-state index is 12.6. The van der Waals surface area contributed by atoms with Gasteiger partial charge in [0, 0.05) is 0 Å². The average molecular weight is 770 g/mol. The maximum Gasteiger partial charge on any atom is 0.267 e. The number of aliphatic hydroxyl groups excluding tert-OH is 2. The number of amides is 1. The SMILES string of the molecule is CCCCCCCCCCCCCCC/C=C/CC/C=C/C(O)C(CS(=O)(=O)O)NC(=O)C(O)CCCCCCCCCCCCCCCCCCC. The van der Waals surface area contributed by atoms with E-state index in [1.165, 1.54) is 173 Å². The lowest BCUT2D eigenvalue weighted by molar-refractivity contribution is -0.130. The van der Waals surface area contributed by atoms with Gasteiger partial charge < -0.3 is 15.5 Å². The molecule has 0 saturated heterocycles. The molecule has 0 aromatic rings. The van der Waals surface area contributed by atoms with E-state index < -0.39 is 40.0 Å². The Bertz CT molecular complexity index is 953. The summed E-state index contributed by atoms with van der Waals surface area (Å²) in [5, 5.41) is 23.4. The minimum absolute atomic E-state index is 0.278. The number of allylic oxidation sites excluding steroid dienone is 3. The number of carbonyl (C=O) groups excluding carboxylic acids is 1. The van der Waals surface area contributed by atoms with Gasteiger partial charge in [-0.1, -0.05) is 224 Å². The third-order valence-corrected chi connectivity index (χ3v) is 11.3. The highest BCUT2D eigenvalue weighted by molar-refractivity contribution is 7.85. The van der Waals surface area contributed by atoms with Crippen molar-refractivity contribution in [2.75, 3.05) is 5.75 Å². The minimum atomic E-state index is -4.45. The van der Waals surface area contributed by atoms with Crippen molar-refractivity contribution in [1.29, 1.82) is 0 Å². The van der Waals surface area contributed by atoms with Crippen LogP contribution in [0.5, 0.6) is 0 Å². The molecule has 7 nitrogen and oxygen atoms in total. The molecule has 0 spiro atoms. The molecule has 0 rings (SSSR count). The molecular weight excluding hydrogens is 683 g/mol. The zero-order valence-corrected chi connectivity index (χ0v) is 35.6. The molecule has 0 bridgehead atoms. The van der Waals surface area contributed by atoms with Crippen LogP contribution in [0.4, 0.5) is 0 Å². The second-order valence-corrected chi connectivity index (χ2v) is 17.3. The molecule has 53 heavy (non-hydrogen) atoms. The first-order valence-electron chi connectivity index (χ1n) is 22.6. The molecule has 0 aromatic heterocycles. The zero-order chi connectivity index (χ0) is 39.1. The van der Waals surface area contributed by atoms with Crippen molar-refractivity contribution in [3.8, 4) is 0 Å². The Morgan fingerprint density at radius 2 is 0.849 bits per heavy atom. The fourth-order valence-corrected chi connectivity index (χ4v) is 7.74. The van der Waals surface area contributed by atoms with Crippen molar-refractivity contribution in [2.24, 2.45) is 0 Å². The molecule has 0 saturated carbocycles. The van der Waals surface area contributed by atoms with Crippen molar-refractivity contribution in [2.45, 2.75) is 250 Å². The van der Waals surface area contributed by atoms with E-state index in [4.69, 9.17) is 0 Å². The molecule has 0 radical (unpaired) electrons. The lowest BCUT2D eigenvalue weighted by Gasteiger charge is -2.22. The fourth-order valence-electron chi connectivity index (χ4n) is 7.00. The summed E-state index contributed by atoms with van der Waals surface area (Å²) in [7, 11) is -4.45. The summed E-state index contributed by atoms with van der Waals surface area (Å²) in [6.07, 6.45) is 46.7. The van der Waals surface area contributed by atoms with E-state index in [-0.39, 0.29) is 6.42 Å². The third-order valence-electron chi connectivity index (χ3n) is 10.5. The van der Waals surface area contributed by atoms with Crippen LogP contribution in [0.25, 0.3) is 0 Å². The monoisotopic (exact) mass is 770 g/mol. The summed E-state index contributed by atoms with van der Waals surface area (Å²) < 4.78 is 32.6. The topological polar surface area (TPSA) is 124 Å². The predicted octanol–water partition coefficient (Wildman–Crippen LogP) is 12.5. The van der Waals surface area contributed by atoms with E-state index >= 15 is 0 Å². The summed E-state index contributed by atoms with van der Waals surface area (Å²) in [5.74, 6) is -1.55. The molecule has 314 valence electrons. The van der Waals surface area contributed by atoms with Gasteiger partial charge in [-0.25, -0.2) is 0 Å². The van der Waals surface area contributed by atoms with E-state index in [0.717, 1.165) is 32.1 Å². The molecule has 0 aliphatic rings. The van der Waals surface area contributed by atoms with Crippen LogP contribution in [0, 0.1) is 0 Å². The number of hydrogen-bond donors (Lipinski definition) is 4. The summed E-state index contributed by atoms with van der Waals surface area (Å²) in [6.45, 7) is 4.53. The molecule has 1 amide bonds. The standard InChI is InChI=1S/C45H87NO6S/c1-3-5-7-9-11-13-15-17-19-21-22-24-25-27-29-31-33-35-37-39-43(47)42(41-53(50,51)52)46-45(49)44(48)40-38-36-34-32-30-28-26-23-20-18-16-14-12-10-8-6-4-2/h29,31,37,39,42-44,47-48H,3-28,30,32-36,38,40-41H2,1-2H3,(H,46,49)(H,50,51,52)/b31-29+,39-37+. The second-order valence-electron chi connectivity index (χ2n) is 15.8. The van der Waals surface area contributed by atoms with Gasteiger partial charge in [-0.15, -0.1) is 0 Å². The molecule has 3 atom stereocenters. The summed E-state index contributed by atoms with van der Waals surface area (Å²) in [4.78, 5) is 12.6. The third kappa shape index (κ3) is 38.8. The van der Waals surface area contributed by atoms with E-state index in [9.17, 15) is 28.0 Å². The number of rotatable bonds is 41. The number of aliphatic hydroxyl groups is 2. The Labute approximate surface area is 328 Å². The van der Waals surface area contributed by atoms with Crippen LogP contribution in [-0.2, 0) is 14.9 Å². The molecular formula is C45H87NO6S. The fraction of sp³-hybridized carbons (Fsp3) is 0.889. The Morgan fingerprint density at radius 1 is 0.509 bits per heavy atom. The molecule has 0 aromatic carbocycles. The normalized spacial score (nSPS) is 14.0. The predicted molar refractivity (Wildman–Crippen MR) is 227 cm³/mol. The molecule has 3 unspecified atom stereocenters. The highest BCUT2D eigenvalue weighted by atomic mass is 32.2. The largest absolute Gasteiger partial charge is 0.387 e. The average Bonchev–Trinajstić information content (AvgIpc) is 3.12. The lowest BCUT2D eigenvalue weighted by Crippen LogP contribution is -2.50. The number of hydrogen-bond acceptors (Lipinski definition) is 5. The highest BCUT2D eigenvalue weighted by Gasteiger charge is 2.27. The van der Waals surface area contributed by atoms with Gasteiger partial charge in [-0.3, -0.25) is 9.35 Å². The zero-order valence-electron chi connectivity index (χ0n) is 34.8. The van der Waals surface area contributed by atoms with Gasteiger partial charge in [0.15, 0.2) is 0 Å². The Hall–Kier alpha value is -1.22. The number of nitrogens with one attached hydrogen (secondary N) is 1. The lowest BCUT2D eigenvalue weighted by atomic mass is 10.0. The minimum Gasteiger partial charge on any atom is -0.387 e. The van der Waals surface area contributed by atoms with Gasteiger partial charge in [0.25, 0.3) is 10.1 Å². The number of carbonyl (C=O) groups is 1. The quantitative estimate of drug-likeness (QED) is 0.0279. The van der Waals surface area contributed by atoms with Crippen molar-refractivity contribution in [3.05, 3.63) is 24.3 Å². The Balaban J connectivity index is 4.00. The van der Waals surface area contributed by atoms with Crippen molar-refractivity contribution < 1.29 is 28.0 Å². The first-order chi connectivity index (χ1) is 25.7. The summed E-state index contributed by atoms with van der Waals surface area (Å²) in [5.41, 5.74) is 0. The van der Waals surface area contributed by atoms with Crippen LogP contribution < -0.4 is 5.32 Å². The van der Waals surface area contributed by atoms with Crippen molar-refractivity contribution in [3.63, 3.8) is 0 Å². The summed E-state index contributed by atoms with van der Waals surface area (Å²) in [6, 6.07) is -1.25. The molecule has 0 aliphatic heterocycles. The smallest absolute Gasteiger partial charge is 0.267 e. The van der Waals surface area contributed by atoms with E-state index in [1.807, 2.05) is 0 Å². The van der Waals surface area contributed by atoms with Gasteiger partial charge in [0.1, 0.15) is 6.10 Å². The van der Waals surface area contributed by atoms with E-state index in [0.29, 0.717) is 12.8 Å². The highest BCUT2D eigenvalue weighted by Crippen LogP contribution is 2.16. The van der Waals surface area contributed by atoms with Crippen molar-refractivity contribution >= 4 is 16.0 Å². The van der Waals surface area contributed by atoms with Gasteiger partial charge in [-0.2, -0.15) is 8.42 Å². The Morgan fingerprint density at radius 3 is 1.25 bits per heavy atom. The Kier molecular flexibility index (Phi) is 38.1. The second kappa shape index (κ2) is 39.0.